The fraction of sp³-hybridized carbons (Fsp3) is 0.333. The van der Waals surface area contributed by atoms with Crippen molar-refractivity contribution in [2.45, 2.75) is 19.5 Å². The Morgan fingerprint density at radius 3 is 2.76 bits per heavy atom. The van der Waals surface area contributed by atoms with Gasteiger partial charge in [0.1, 0.15) is 11.6 Å². The summed E-state index contributed by atoms with van der Waals surface area (Å²) in [5.41, 5.74) is 8.54. The Balaban J connectivity index is 1.82. The number of nitrogens with two attached hydrogens (primary N) is 1. The van der Waals surface area contributed by atoms with Gasteiger partial charge in [-0.2, -0.15) is 0 Å². The van der Waals surface area contributed by atoms with Crippen LogP contribution in [0, 0.1) is 12.7 Å². The van der Waals surface area contributed by atoms with Gasteiger partial charge in [-0.15, -0.1) is 0 Å². The summed E-state index contributed by atoms with van der Waals surface area (Å²) in [6.07, 6.45) is 1.68. The largest absolute Gasteiger partial charge is 0.384 e. The molecule has 0 bridgehead atoms. The smallest absolute Gasteiger partial charge is 0.329 e. The molecular formula is C18H20FN5O. The van der Waals surface area contributed by atoms with Gasteiger partial charge >= 0.3 is 6.03 Å². The molecule has 0 radical (unpaired) electrons. The number of anilines is 3. The van der Waals surface area contributed by atoms with Crippen molar-refractivity contribution < 1.29 is 9.18 Å². The lowest BCUT2D eigenvalue weighted by Gasteiger charge is -2.47. The third-order valence-electron chi connectivity index (χ3n) is 4.88. The Labute approximate surface area is 145 Å². The van der Waals surface area contributed by atoms with E-state index < -0.39 is 5.82 Å². The number of hydrogen-bond donors (Lipinski definition) is 1. The molecule has 0 aliphatic carbocycles. The van der Waals surface area contributed by atoms with E-state index in [1.807, 2.05) is 20.0 Å². The van der Waals surface area contributed by atoms with Crippen LogP contribution < -0.4 is 15.5 Å². The van der Waals surface area contributed by atoms with Crippen LogP contribution in [0.2, 0.25) is 0 Å². The summed E-state index contributed by atoms with van der Waals surface area (Å²) in [5.74, 6) is -0.0226. The van der Waals surface area contributed by atoms with Gasteiger partial charge in [0, 0.05) is 30.9 Å². The van der Waals surface area contributed by atoms with Crippen LogP contribution in [-0.2, 0) is 6.54 Å². The van der Waals surface area contributed by atoms with Crippen molar-refractivity contribution in [2.24, 2.45) is 0 Å². The van der Waals surface area contributed by atoms with Crippen molar-refractivity contribution in [1.82, 2.24) is 9.88 Å². The zero-order valence-corrected chi connectivity index (χ0v) is 14.2. The van der Waals surface area contributed by atoms with Gasteiger partial charge < -0.3 is 10.6 Å². The number of likely N-dealkylation sites (tertiary alicyclic amines) is 1. The lowest BCUT2D eigenvalue weighted by Crippen LogP contribution is -2.63. The summed E-state index contributed by atoms with van der Waals surface area (Å²) in [4.78, 5) is 22.8. The summed E-state index contributed by atoms with van der Waals surface area (Å²) in [7, 11) is 2.01. The maximum absolute atomic E-state index is 14.5. The minimum atomic E-state index is -0.397. The van der Waals surface area contributed by atoms with Crippen molar-refractivity contribution in [1.29, 1.82) is 0 Å². The maximum atomic E-state index is 14.5. The van der Waals surface area contributed by atoms with E-state index in [9.17, 15) is 9.18 Å². The molecule has 130 valence electrons. The van der Waals surface area contributed by atoms with Crippen molar-refractivity contribution in [3.8, 4) is 0 Å². The second-order valence-corrected chi connectivity index (χ2v) is 6.76. The van der Waals surface area contributed by atoms with Gasteiger partial charge in [0.05, 0.1) is 24.0 Å². The molecule has 4 rings (SSSR count). The molecule has 2 aliphatic rings. The van der Waals surface area contributed by atoms with Crippen molar-refractivity contribution >= 4 is 23.2 Å². The van der Waals surface area contributed by atoms with Crippen LogP contribution in [0.1, 0.15) is 11.1 Å². The van der Waals surface area contributed by atoms with Gasteiger partial charge in [-0.05, 0) is 25.6 Å². The lowest BCUT2D eigenvalue weighted by molar-refractivity contribution is 0.180. The topological polar surface area (TPSA) is 65.7 Å². The number of carbonyl (C=O) groups excluding carboxylic acids is 1. The first-order valence-electron chi connectivity index (χ1n) is 8.24. The molecule has 0 spiro atoms. The number of urea groups is 1. The zero-order chi connectivity index (χ0) is 17.7. The standard InChI is InChI=1S/C18H20FN5O/c1-11-4-3-5-14(19)17(11)23-8-12-7-21-16(20)6-15(12)24(18(23)25)13-9-22(2)10-13/h3-7,13H,8-10H2,1-2H3,(H2,20,21). The summed E-state index contributed by atoms with van der Waals surface area (Å²) >= 11 is 0. The molecule has 0 unspecified atom stereocenters. The van der Waals surface area contributed by atoms with E-state index in [0.29, 0.717) is 11.5 Å². The molecule has 6 nitrogen and oxygen atoms in total. The fourth-order valence-electron chi connectivity index (χ4n) is 3.63. The quantitative estimate of drug-likeness (QED) is 0.911. The van der Waals surface area contributed by atoms with Gasteiger partial charge in [0.25, 0.3) is 0 Å². The highest BCUT2D eigenvalue weighted by Crippen LogP contribution is 2.37. The number of fused-ring (bicyclic) bond motifs is 1. The number of hydrogen-bond acceptors (Lipinski definition) is 4. The minimum Gasteiger partial charge on any atom is -0.384 e. The number of nitrogens with zero attached hydrogens (tertiary/aromatic N) is 4. The molecule has 1 aromatic heterocycles. The SMILES string of the molecule is Cc1cccc(F)c1N1Cc2cnc(N)cc2N(C2CN(C)C2)C1=O. The third-order valence-corrected chi connectivity index (χ3v) is 4.88. The number of benzene rings is 1. The normalized spacial score (nSPS) is 18.3. The number of para-hydroxylation sites is 1. The second-order valence-electron chi connectivity index (χ2n) is 6.76. The number of amides is 2. The average Bonchev–Trinajstić information content (AvgIpc) is 2.53. The molecular weight excluding hydrogens is 321 g/mol. The number of aryl methyl sites for hydroxylation is 1. The van der Waals surface area contributed by atoms with Crippen LogP contribution in [0.3, 0.4) is 0 Å². The fourth-order valence-corrected chi connectivity index (χ4v) is 3.63. The van der Waals surface area contributed by atoms with Gasteiger partial charge in [-0.3, -0.25) is 9.80 Å². The van der Waals surface area contributed by atoms with Crippen LogP contribution >= 0.6 is 0 Å². The summed E-state index contributed by atoms with van der Waals surface area (Å²) in [5, 5.41) is 0. The van der Waals surface area contributed by atoms with Crippen LogP contribution in [0.5, 0.6) is 0 Å². The van der Waals surface area contributed by atoms with E-state index in [-0.39, 0.29) is 18.6 Å². The van der Waals surface area contributed by atoms with Crippen LogP contribution in [0.25, 0.3) is 0 Å². The molecule has 2 aliphatic heterocycles. The monoisotopic (exact) mass is 341 g/mol. The molecule has 3 heterocycles. The molecule has 2 N–H and O–H groups in total. The third kappa shape index (κ3) is 2.51. The van der Waals surface area contributed by atoms with E-state index in [0.717, 1.165) is 29.9 Å². The summed E-state index contributed by atoms with van der Waals surface area (Å²) < 4.78 is 14.5. The molecule has 0 atom stereocenters. The first-order valence-corrected chi connectivity index (χ1v) is 8.24. The van der Waals surface area contributed by atoms with Gasteiger partial charge in [0.15, 0.2) is 0 Å². The Hall–Kier alpha value is -2.67. The van der Waals surface area contributed by atoms with Gasteiger partial charge in [-0.25, -0.2) is 14.2 Å². The molecule has 7 heteroatoms. The predicted octanol–water partition coefficient (Wildman–Crippen LogP) is 2.37. The molecule has 1 fully saturated rings. The van der Waals surface area contributed by atoms with Crippen molar-refractivity contribution in [3.63, 3.8) is 0 Å². The second kappa shape index (κ2) is 5.70. The molecule has 25 heavy (non-hydrogen) atoms. The Morgan fingerprint density at radius 2 is 2.08 bits per heavy atom. The van der Waals surface area contributed by atoms with Crippen LogP contribution in [0.15, 0.2) is 30.5 Å². The van der Waals surface area contributed by atoms with Crippen molar-refractivity contribution in [3.05, 3.63) is 47.4 Å². The van der Waals surface area contributed by atoms with E-state index in [1.54, 1.807) is 23.2 Å². The molecule has 0 saturated carbocycles. The maximum Gasteiger partial charge on any atom is 0.329 e. The van der Waals surface area contributed by atoms with E-state index in [2.05, 4.69) is 9.88 Å². The van der Waals surface area contributed by atoms with E-state index in [1.165, 1.54) is 11.0 Å². The highest BCUT2D eigenvalue weighted by Gasteiger charge is 2.41. The van der Waals surface area contributed by atoms with Crippen molar-refractivity contribution in [2.75, 3.05) is 35.7 Å². The number of rotatable bonds is 2. The zero-order valence-electron chi connectivity index (χ0n) is 14.2. The van der Waals surface area contributed by atoms with E-state index >= 15 is 0 Å². The predicted molar refractivity (Wildman–Crippen MR) is 95.1 cm³/mol. The Morgan fingerprint density at radius 1 is 1.32 bits per heavy atom. The van der Waals surface area contributed by atoms with E-state index in [4.69, 9.17) is 5.73 Å². The van der Waals surface area contributed by atoms with Gasteiger partial charge in [-0.1, -0.05) is 12.1 Å². The number of halogens is 1. The Kier molecular flexibility index (Phi) is 3.61. The minimum absolute atomic E-state index is 0.0490. The summed E-state index contributed by atoms with van der Waals surface area (Å²) in [6, 6.07) is 6.41. The molecule has 2 amide bonds. The summed E-state index contributed by atoms with van der Waals surface area (Å²) in [6.45, 7) is 3.64. The first-order chi connectivity index (χ1) is 12.0. The van der Waals surface area contributed by atoms with Crippen LogP contribution in [-0.4, -0.2) is 42.1 Å². The number of nitrogen functional groups attached to an aromatic ring is 1. The number of aromatic nitrogens is 1. The molecule has 1 saturated heterocycles. The molecule has 1 aromatic carbocycles. The Bertz CT molecular complexity index is 829. The highest BCUT2D eigenvalue weighted by atomic mass is 19.1. The van der Waals surface area contributed by atoms with Crippen LogP contribution in [0.4, 0.5) is 26.4 Å². The number of pyridine rings is 1. The number of likely N-dealkylation sites (N-methyl/N-ethyl adjacent to an activating group) is 1. The average molecular weight is 341 g/mol. The number of carbonyl (C=O) groups is 1. The van der Waals surface area contributed by atoms with Gasteiger partial charge in [0.2, 0.25) is 0 Å². The lowest BCUT2D eigenvalue weighted by atomic mass is 10.0. The molecule has 2 aromatic rings. The first kappa shape index (κ1) is 15.8. The highest BCUT2D eigenvalue weighted by molar-refractivity contribution is 6.07.